The van der Waals surface area contributed by atoms with Crippen molar-refractivity contribution in [2.75, 3.05) is 41.3 Å². The van der Waals surface area contributed by atoms with Crippen LogP contribution in [0.5, 0.6) is 0 Å². The maximum Gasteiger partial charge on any atom is 0.307 e. The monoisotopic (exact) mass is 802 g/mol. The summed E-state index contributed by atoms with van der Waals surface area (Å²) < 4.78 is 0. The van der Waals surface area contributed by atoms with Gasteiger partial charge in [0.2, 0.25) is 0 Å². The van der Waals surface area contributed by atoms with Crippen LogP contribution in [0, 0.1) is 5.92 Å². The molecule has 0 heterocycles. The number of rotatable bonds is 31. The number of nitrogens with zero attached hydrogens (tertiary/aromatic N) is 2. The maximum absolute atomic E-state index is 10.4. The second-order valence-electron chi connectivity index (χ2n) is 13.8. The Labute approximate surface area is 315 Å². The predicted molar refractivity (Wildman–Crippen MR) is 218 cm³/mol. The third-order valence-electron chi connectivity index (χ3n) is 8.33. The molecule has 0 spiro atoms. The number of carboxylic acids is 2. The second kappa shape index (κ2) is 47.9. The van der Waals surface area contributed by atoms with Crippen molar-refractivity contribution >= 4 is 45.9 Å². The lowest BCUT2D eigenvalue weighted by atomic mass is 10.0. The molecule has 0 aromatic heterocycles. The molecule has 47 heavy (non-hydrogen) atoms. The molecule has 0 amide bonds. The van der Waals surface area contributed by atoms with Crippen molar-refractivity contribution < 1.29 is 19.8 Å². The summed E-state index contributed by atoms with van der Waals surface area (Å²) in [6.07, 6.45) is 35.5. The zero-order valence-electron chi connectivity index (χ0n) is 32.5. The molecule has 8 heteroatoms. The zero-order valence-corrected chi connectivity index (χ0v) is 35.9. The van der Waals surface area contributed by atoms with Gasteiger partial charge >= 0.3 is 11.9 Å². The molecule has 6 nitrogen and oxygen atoms in total. The van der Waals surface area contributed by atoms with Gasteiger partial charge in [-0.2, -0.15) is 0 Å². The lowest BCUT2D eigenvalue weighted by Gasteiger charge is -2.08. The van der Waals surface area contributed by atoms with Gasteiger partial charge in [0, 0.05) is 0 Å². The quantitative estimate of drug-likeness (QED) is 0.0679. The van der Waals surface area contributed by atoms with E-state index in [0.717, 1.165) is 0 Å². The number of hydrogen-bond donors (Lipinski definition) is 2. The third kappa shape index (κ3) is 58.4. The predicted octanol–water partition coefficient (Wildman–Crippen LogP) is 12.6. The van der Waals surface area contributed by atoms with Gasteiger partial charge in [-0.1, -0.05) is 168 Å². The molecule has 1 atom stereocenters. The zero-order chi connectivity index (χ0) is 34.4. The van der Waals surface area contributed by atoms with E-state index in [1.165, 1.54) is 167 Å². The molecule has 0 rings (SSSR count). The van der Waals surface area contributed by atoms with Crippen molar-refractivity contribution in [3.63, 3.8) is 0 Å². The summed E-state index contributed by atoms with van der Waals surface area (Å²) in [5.41, 5.74) is 0. The molecule has 0 saturated carbocycles. The van der Waals surface area contributed by atoms with E-state index >= 15 is 0 Å². The topological polar surface area (TPSA) is 81.1 Å². The fourth-order valence-electron chi connectivity index (χ4n) is 5.41. The minimum absolute atomic E-state index is 0. The average molecular weight is 805 g/mol. The Hall–Kier alpha value is -0.180. The van der Waals surface area contributed by atoms with Crippen molar-refractivity contribution in [2.24, 2.45) is 5.92 Å². The van der Waals surface area contributed by atoms with E-state index in [2.05, 4.69) is 51.8 Å². The lowest BCUT2D eigenvalue weighted by Crippen LogP contribution is -2.17. The van der Waals surface area contributed by atoms with E-state index < -0.39 is 17.9 Å². The summed E-state index contributed by atoms with van der Waals surface area (Å²) in [6.45, 7) is 8.93. The minimum Gasteiger partial charge on any atom is -0.481 e. The van der Waals surface area contributed by atoms with Gasteiger partial charge in [0.15, 0.2) is 0 Å². The average Bonchev–Trinajstić information content (AvgIpc) is 2.98. The Morgan fingerprint density at radius 3 is 0.894 bits per heavy atom. The molecule has 0 aliphatic carbocycles. The summed E-state index contributed by atoms with van der Waals surface area (Å²) in [6, 6.07) is 0. The Bertz CT molecular complexity index is 563. The Balaban J connectivity index is -0.000000188. The van der Waals surface area contributed by atoms with Crippen LogP contribution in [0.15, 0.2) is 0 Å². The standard InChI is InChI=1S/2C16H35N.C7H12O4.2BrH/c2*1-4-5-6-7-8-9-10-11-12-13-14-15-16-17(2)3;1-2-3-5(7(10)11)4-6(8)9;;/h2*4-16H2,1-3H3;5H,2-4H2,1H3,(H,8,9)(H,10,11);2*1H. The van der Waals surface area contributed by atoms with Crippen molar-refractivity contribution in [1.82, 2.24) is 9.80 Å². The molecular formula is C39H84Br2N2O4. The molecule has 0 aliphatic rings. The fourth-order valence-corrected chi connectivity index (χ4v) is 5.41. The largest absolute Gasteiger partial charge is 0.481 e. The lowest BCUT2D eigenvalue weighted by molar-refractivity contribution is -0.148. The molecule has 1 unspecified atom stereocenters. The molecule has 0 aliphatic heterocycles. The second-order valence-corrected chi connectivity index (χ2v) is 13.8. The number of carboxylic acid groups (broad SMARTS) is 2. The van der Waals surface area contributed by atoms with E-state index in [-0.39, 0.29) is 40.4 Å². The van der Waals surface area contributed by atoms with Crippen LogP contribution in [0.4, 0.5) is 0 Å². The first-order chi connectivity index (χ1) is 21.6. The van der Waals surface area contributed by atoms with Crippen LogP contribution in [0.2, 0.25) is 0 Å². The van der Waals surface area contributed by atoms with Gasteiger partial charge in [0.25, 0.3) is 0 Å². The molecule has 2 N–H and O–H groups in total. The SMILES string of the molecule is Br.Br.CCCC(CC(=O)O)C(=O)O.CCCCCCCCCCCCCCN(C)C.CCCCCCCCCCCCCCN(C)C. The highest BCUT2D eigenvalue weighted by Crippen LogP contribution is 2.13. The number of carbonyl (C=O) groups is 2. The van der Waals surface area contributed by atoms with Gasteiger partial charge in [-0.3, -0.25) is 9.59 Å². The van der Waals surface area contributed by atoms with Gasteiger partial charge in [-0.05, 0) is 60.5 Å². The first-order valence-corrected chi connectivity index (χ1v) is 19.4. The van der Waals surface area contributed by atoms with Crippen LogP contribution in [-0.2, 0) is 9.59 Å². The van der Waals surface area contributed by atoms with Crippen LogP contribution < -0.4 is 0 Å². The van der Waals surface area contributed by atoms with E-state index in [4.69, 9.17) is 10.2 Å². The van der Waals surface area contributed by atoms with Crippen molar-refractivity contribution in [3.8, 4) is 0 Å². The number of unbranched alkanes of at least 4 members (excludes halogenated alkanes) is 22. The highest BCUT2D eigenvalue weighted by atomic mass is 79.9. The third-order valence-corrected chi connectivity index (χ3v) is 8.33. The van der Waals surface area contributed by atoms with E-state index in [1.54, 1.807) is 0 Å². The van der Waals surface area contributed by atoms with Gasteiger partial charge in [-0.15, -0.1) is 34.0 Å². The molecule has 0 aromatic rings. The molecule has 0 fully saturated rings. The van der Waals surface area contributed by atoms with Crippen molar-refractivity contribution in [3.05, 3.63) is 0 Å². The molecule has 0 aromatic carbocycles. The molecule has 0 saturated heterocycles. The van der Waals surface area contributed by atoms with Crippen molar-refractivity contribution in [1.29, 1.82) is 0 Å². The summed E-state index contributed by atoms with van der Waals surface area (Å²) in [7, 11) is 8.66. The molecular weight excluding hydrogens is 720 g/mol. The number of aliphatic carboxylic acids is 2. The highest BCUT2D eigenvalue weighted by Gasteiger charge is 2.19. The summed E-state index contributed by atoms with van der Waals surface area (Å²) >= 11 is 0. The minimum atomic E-state index is -1.05. The molecule has 0 bridgehead atoms. The Morgan fingerprint density at radius 1 is 0.447 bits per heavy atom. The van der Waals surface area contributed by atoms with E-state index in [0.29, 0.717) is 12.8 Å². The maximum atomic E-state index is 10.4. The Kier molecular flexibility index (Phi) is 57.3. The van der Waals surface area contributed by atoms with E-state index in [1.807, 2.05) is 6.92 Å². The van der Waals surface area contributed by atoms with Gasteiger partial charge in [0.05, 0.1) is 12.3 Å². The van der Waals surface area contributed by atoms with Crippen LogP contribution in [-0.4, -0.2) is 73.2 Å². The Morgan fingerprint density at radius 2 is 0.702 bits per heavy atom. The first kappa shape index (κ1) is 56.2. The van der Waals surface area contributed by atoms with Crippen LogP contribution in [0.3, 0.4) is 0 Å². The summed E-state index contributed by atoms with van der Waals surface area (Å²) in [5.74, 6) is -2.79. The first-order valence-electron chi connectivity index (χ1n) is 19.4. The summed E-state index contributed by atoms with van der Waals surface area (Å²) in [4.78, 5) is 25.1. The fraction of sp³-hybridized carbons (Fsp3) is 0.949. The smallest absolute Gasteiger partial charge is 0.307 e. The van der Waals surface area contributed by atoms with Crippen LogP contribution in [0.1, 0.15) is 194 Å². The van der Waals surface area contributed by atoms with Gasteiger partial charge in [0.1, 0.15) is 0 Å². The van der Waals surface area contributed by atoms with Crippen molar-refractivity contribution in [2.45, 2.75) is 194 Å². The van der Waals surface area contributed by atoms with E-state index in [9.17, 15) is 9.59 Å². The van der Waals surface area contributed by atoms with Gasteiger partial charge in [-0.25, -0.2) is 0 Å². The van der Waals surface area contributed by atoms with Crippen LogP contribution >= 0.6 is 34.0 Å². The number of hydrogen-bond acceptors (Lipinski definition) is 4. The molecule has 0 radical (unpaired) electrons. The van der Waals surface area contributed by atoms with Gasteiger partial charge < -0.3 is 20.0 Å². The highest BCUT2D eigenvalue weighted by molar-refractivity contribution is 8.93. The summed E-state index contributed by atoms with van der Waals surface area (Å²) in [5, 5.41) is 16.8. The molecule has 288 valence electrons. The van der Waals surface area contributed by atoms with Crippen LogP contribution in [0.25, 0.3) is 0 Å². The number of halogens is 2. The normalized spacial score (nSPS) is 11.1.